The van der Waals surface area contributed by atoms with Gasteiger partial charge >= 0.3 is 0 Å². The zero-order valence-corrected chi connectivity index (χ0v) is 16.8. The van der Waals surface area contributed by atoms with Gasteiger partial charge in [-0.1, -0.05) is 48.0 Å². The molecule has 7 nitrogen and oxygen atoms in total. The molecule has 0 saturated carbocycles. The largest absolute Gasteiger partial charge is 0.489 e. The lowest BCUT2D eigenvalue weighted by Gasteiger charge is -2.32. The van der Waals surface area contributed by atoms with Crippen molar-refractivity contribution in [1.82, 2.24) is 15.6 Å². The van der Waals surface area contributed by atoms with E-state index in [-0.39, 0.29) is 31.6 Å². The second kappa shape index (κ2) is 9.11. The highest BCUT2D eigenvalue weighted by Crippen LogP contribution is 2.28. The highest BCUT2D eigenvalue weighted by Gasteiger charge is 2.36. The lowest BCUT2D eigenvalue weighted by Crippen LogP contribution is -2.52. The van der Waals surface area contributed by atoms with E-state index in [0.717, 1.165) is 10.9 Å². The van der Waals surface area contributed by atoms with Gasteiger partial charge in [-0.2, -0.15) is 0 Å². The third-order valence-corrected chi connectivity index (χ3v) is 5.11. The van der Waals surface area contributed by atoms with Crippen molar-refractivity contribution in [2.75, 3.05) is 19.8 Å². The number of amides is 2. The quantitative estimate of drug-likeness (QED) is 0.592. The van der Waals surface area contributed by atoms with Crippen molar-refractivity contribution in [2.24, 2.45) is 0 Å². The summed E-state index contributed by atoms with van der Waals surface area (Å²) in [4.78, 5) is 28.9. The molecule has 3 aromatic rings. The minimum Gasteiger partial charge on any atom is -0.489 e. The van der Waals surface area contributed by atoms with Crippen molar-refractivity contribution in [1.29, 1.82) is 0 Å². The second-order valence-electron chi connectivity index (χ2n) is 6.77. The van der Waals surface area contributed by atoms with Crippen LogP contribution >= 0.6 is 11.6 Å². The Kier molecular flexibility index (Phi) is 6.11. The molecule has 1 saturated heterocycles. The number of rotatable bonds is 6. The molecule has 0 aliphatic carbocycles. The Morgan fingerprint density at radius 2 is 2.03 bits per heavy atom. The maximum Gasteiger partial charge on any atom is 0.251 e. The number of morpholine rings is 1. The number of pyridine rings is 1. The topological polar surface area (TPSA) is 89.6 Å². The molecule has 0 unspecified atom stereocenters. The van der Waals surface area contributed by atoms with E-state index in [4.69, 9.17) is 21.1 Å². The summed E-state index contributed by atoms with van der Waals surface area (Å²) in [5.41, 5.74) is 1.40. The van der Waals surface area contributed by atoms with Crippen LogP contribution in [0.25, 0.3) is 10.9 Å². The van der Waals surface area contributed by atoms with Crippen LogP contribution in [0.15, 0.2) is 60.8 Å². The molecule has 1 aliphatic heterocycles. The average Bonchev–Trinajstić information content (AvgIpc) is 2.77. The SMILES string of the molecule is O=C1CO[C@H](C(=O)NCCOc2cccc3cccnc23)[C@@H](c2ccccc2Cl)N1. The lowest BCUT2D eigenvalue weighted by atomic mass is 9.99. The highest BCUT2D eigenvalue weighted by molar-refractivity contribution is 6.31. The Morgan fingerprint density at radius 3 is 2.90 bits per heavy atom. The number of ether oxygens (including phenoxy) is 2. The Bertz CT molecular complexity index is 1070. The van der Waals surface area contributed by atoms with Crippen LogP contribution in [0.2, 0.25) is 5.02 Å². The fourth-order valence-corrected chi connectivity index (χ4v) is 3.63. The molecule has 0 radical (unpaired) electrons. The number of para-hydroxylation sites is 1. The number of fused-ring (bicyclic) bond motifs is 1. The van der Waals surface area contributed by atoms with Crippen LogP contribution in [-0.4, -0.2) is 42.7 Å². The van der Waals surface area contributed by atoms with E-state index in [2.05, 4.69) is 15.6 Å². The number of hydrogen-bond donors (Lipinski definition) is 2. The van der Waals surface area contributed by atoms with Gasteiger partial charge in [-0.25, -0.2) is 0 Å². The van der Waals surface area contributed by atoms with Gasteiger partial charge in [-0.3, -0.25) is 14.6 Å². The summed E-state index contributed by atoms with van der Waals surface area (Å²) >= 11 is 6.25. The molecule has 0 spiro atoms. The molecule has 1 fully saturated rings. The Labute approximate surface area is 178 Å². The first-order chi connectivity index (χ1) is 14.6. The number of nitrogens with zero attached hydrogens (tertiary/aromatic N) is 1. The van der Waals surface area contributed by atoms with Crippen LogP contribution in [0.1, 0.15) is 11.6 Å². The van der Waals surface area contributed by atoms with Gasteiger partial charge < -0.3 is 20.1 Å². The number of carbonyl (C=O) groups is 2. The van der Waals surface area contributed by atoms with Gasteiger partial charge in [0, 0.05) is 16.6 Å². The van der Waals surface area contributed by atoms with E-state index < -0.39 is 12.1 Å². The first-order valence-corrected chi connectivity index (χ1v) is 9.91. The minimum atomic E-state index is -0.887. The summed E-state index contributed by atoms with van der Waals surface area (Å²) in [6.45, 7) is 0.347. The zero-order chi connectivity index (χ0) is 20.9. The van der Waals surface area contributed by atoms with Crippen LogP contribution < -0.4 is 15.4 Å². The molecular weight excluding hydrogens is 406 g/mol. The maximum absolute atomic E-state index is 12.7. The van der Waals surface area contributed by atoms with Crippen molar-refractivity contribution in [2.45, 2.75) is 12.1 Å². The molecule has 2 aromatic carbocycles. The molecule has 0 bridgehead atoms. The van der Waals surface area contributed by atoms with Crippen LogP contribution in [0.5, 0.6) is 5.75 Å². The third kappa shape index (κ3) is 4.37. The van der Waals surface area contributed by atoms with Gasteiger partial charge in [0.2, 0.25) is 5.91 Å². The smallest absolute Gasteiger partial charge is 0.251 e. The first kappa shape index (κ1) is 20.1. The fourth-order valence-electron chi connectivity index (χ4n) is 3.38. The molecule has 4 rings (SSSR count). The predicted molar refractivity (Wildman–Crippen MR) is 112 cm³/mol. The number of hydrogen-bond acceptors (Lipinski definition) is 5. The highest BCUT2D eigenvalue weighted by atomic mass is 35.5. The molecule has 2 atom stereocenters. The molecule has 8 heteroatoms. The van der Waals surface area contributed by atoms with Gasteiger partial charge in [-0.05, 0) is 23.8 Å². The third-order valence-electron chi connectivity index (χ3n) is 4.77. The van der Waals surface area contributed by atoms with Crippen LogP contribution in [0.4, 0.5) is 0 Å². The number of carbonyl (C=O) groups excluding carboxylic acids is 2. The van der Waals surface area contributed by atoms with Crippen molar-refractivity contribution in [3.63, 3.8) is 0 Å². The molecule has 1 aromatic heterocycles. The van der Waals surface area contributed by atoms with Gasteiger partial charge in [0.15, 0.2) is 6.10 Å². The molecule has 2 amide bonds. The minimum absolute atomic E-state index is 0.183. The van der Waals surface area contributed by atoms with E-state index >= 15 is 0 Å². The summed E-state index contributed by atoms with van der Waals surface area (Å²) in [6.07, 6.45) is 0.822. The predicted octanol–water partition coefficient (Wildman–Crippen LogP) is 2.64. The molecule has 1 aliphatic rings. The summed E-state index contributed by atoms with van der Waals surface area (Å²) in [5.74, 6) is 0.00722. The van der Waals surface area contributed by atoms with Gasteiger partial charge in [-0.15, -0.1) is 0 Å². The summed E-state index contributed by atoms with van der Waals surface area (Å²) in [5, 5.41) is 7.03. The van der Waals surface area contributed by atoms with Crippen LogP contribution in [0.3, 0.4) is 0 Å². The Balaban J connectivity index is 1.38. The number of halogens is 1. The number of benzene rings is 2. The summed E-state index contributed by atoms with van der Waals surface area (Å²) in [6, 6.07) is 15.9. The van der Waals surface area contributed by atoms with Crippen molar-refractivity contribution in [3.8, 4) is 5.75 Å². The average molecular weight is 426 g/mol. The van der Waals surface area contributed by atoms with E-state index in [1.807, 2.05) is 30.3 Å². The van der Waals surface area contributed by atoms with Crippen molar-refractivity contribution >= 4 is 34.3 Å². The monoisotopic (exact) mass is 425 g/mol. The molecule has 2 N–H and O–H groups in total. The second-order valence-corrected chi connectivity index (χ2v) is 7.18. The lowest BCUT2D eigenvalue weighted by molar-refractivity contribution is -0.148. The van der Waals surface area contributed by atoms with E-state index in [1.165, 1.54) is 0 Å². The molecule has 154 valence electrons. The Morgan fingerprint density at radius 1 is 1.20 bits per heavy atom. The Hall–Kier alpha value is -3.16. The van der Waals surface area contributed by atoms with Gasteiger partial charge in [0.25, 0.3) is 5.91 Å². The molecule has 30 heavy (non-hydrogen) atoms. The van der Waals surface area contributed by atoms with Crippen LogP contribution in [-0.2, 0) is 14.3 Å². The summed E-state index contributed by atoms with van der Waals surface area (Å²) < 4.78 is 11.3. The van der Waals surface area contributed by atoms with E-state index in [0.29, 0.717) is 16.3 Å². The number of nitrogens with one attached hydrogen (secondary N) is 2. The van der Waals surface area contributed by atoms with E-state index in [9.17, 15) is 9.59 Å². The molecule has 2 heterocycles. The number of aromatic nitrogens is 1. The van der Waals surface area contributed by atoms with E-state index in [1.54, 1.807) is 30.5 Å². The first-order valence-electron chi connectivity index (χ1n) is 9.53. The molecular formula is C22H20ClN3O4. The van der Waals surface area contributed by atoms with Gasteiger partial charge in [0.05, 0.1) is 12.6 Å². The fraction of sp³-hybridized carbons (Fsp3) is 0.227. The normalized spacial score (nSPS) is 18.6. The maximum atomic E-state index is 12.7. The van der Waals surface area contributed by atoms with Crippen LogP contribution in [0, 0.1) is 0 Å². The van der Waals surface area contributed by atoms with Gasteiger partial charge in [0.1, 0.15) is 24.5 Å². The van der Waals surface area contributed by atoms with Crippen molar-refractivity contribution < 1.29 is 19.1 Å². The standard InChI is InChI=1S/C22H20ClN3O4/c23-16-8-2-1-7-15(16)20-21(30-13-18(27)26-20)22(28)25-11-12-29-17-9-3-5-14-6-4-10-24-19(14)17/h1-10,20-21H,11-13H2,(H,25,28)(H,26,27)/t20-,21+/m1/s1. The van der Waals surface area contributed by atoms with Crippen molar-refractivity contribution in [3.05, 3.63) is 71.4 Å². The zero-order valence-electron chi connectivity index (χ0n) is 16.0. The summed E-state index contributed by atoms with van der Waals surface area (Å²) in [7, 11) is 0.